The molecule has 0 unspecified atom stereocenters. The van der Waals surface area contributed by atoms with Crippen molar-refractivity contribution in [1.82, 2.24) is 9.97 Å². The maximum absolute atomic E-state index is 14.8. The Hall–Kier alpha value is -3.11. The summed E-state index contributed by atoms with van der Waals surface area (Å²) >= 11 is 0. The molecule has 0 bridgehead atoms. The molecule has 0 saturated carbocycles. The Balaban J connectivity index is 0.00000243. The molecule has 0 fully saturated rings. The van der Waals surface area contributed by atoms with Crippen LogP contribution in [-0.4, -0.2) is 23.7 Å². The van der Waals surface area contributed by atoms with Gasteiger partial charge < -0.3 is 9.47 Å². The summed E-state index contributed by atoms with van der Waals surface area (Å²) in [5.41, 5.74) is 0.441. The van der Waals surface area contributed by atoms with E-state index in [1.54, 1.807) is 6.07 Å². The van der Waals surface area contributed by atoms with Crippen molar-refractivity contribution in [2.45, 2.75) is 0 Å². The van der Waals surface area contributed by atoms with Gasteiger partial charge in [-0.15, -0.1) is 18.8 Å². The van der Waals surface area contributed by atoms with E-state index in [-0.39, 0.29) is 35.6 Å². The van der Waals surface area contributed by atoms with Crippen LogP contribution >= 0.6 is 12.4 Å². The third-order valence-electron chi connectivity index (χ3n) is 3.43. The second-order valence-corrected chi connectivity index (χ2v) is 4.97. The Bertz CT molecular complexity index is 963. The number of ether oxygens (including phenoxy) is 2. The van der Waals surface area contributed by atoms with Crippen molar-refractivity contribution in [3.8, 4) is 23.8 Å². The summed E-state index contributed by atoms with van der Waals surface area (Å²) in [7, 11) is 1.47. The third-order valence-corrected chi connectivity index (χ3v) is 3.43. The van der Waals surface area contributed by atoms with Crippen molar-refractivity contribution in [2.24, 2.45) is 0 Å². The van der Waals surface area contributed by atoms with Crippen molar-refractivity contribution in [1.29, 1.82) is 0 Å². The summed E-state index contributed by atoms with van der Waals surface area (Å²) in [5, 5.41) is 0.645. The molecular weight excluding hydrogens is 364 g/mol. The minimum Gasteiger partial charge on any atom is -0.493 e. The molecule has 1 heterocycles. The number of aromatic nitrogens is 2. The molecule has 134 valence electrons. The number of benzene rings is 2. The number of nitrogens with zero attached hydrogens (tertiary/aromatic N) is 3. The maximum Gasteiger partial charge on any atom is 0.174 e. The van der Waals surface area contributed by atoms with Gasteiger partial charge in [0.05, 0.1) is 18.3 Å². The van der Waals surface area contributed by atoms with E-state index < -0.39 is 5.82 Å². The molecule has 0 aliphatic carbocycles. The minimum atomic E-state index is -0.557. The highest BCUT2D eigenvalue weighted by Gasteiger charge is 2.17. The summed E-state index contributed by atoms with van der Waals surface area (Å²) in [6.07, 6.45) is 6.42. The molecule has 0 radical (unpaired) electrons. The van der Waals surface area contributed by atoms with E-state index in [0.717, 1.165) is 6.07 Å². The molecule has 0 atom stereocenters. The van der Waals surface area contributed by atoms with Gasteiger partial charge in [-0.2, -0.15) is 5.12 Å². The van der Waals surface area contributed by atoms with Crippen LogP contribution in [0.3, 0.4) is 0 Å². The number of halogens is 3. The molecule has 26 heavy (non-hydrogen) atoms. The van der Waals surface area contributed by atoms with E-state index >= 15 is 0 Å². The standard InChI is InChI=1S/C18H13F2N3O2.ClH/c1-3-7-25-17-9-14-15(10-16(17)24-2)21-11-22-18(14)23(20)13-6-4-5-12(19)8-13;/h1,4-6,8-11H,7H2,2H3;1H. The minimum absolute atomic E-state index is 0. The van der Waals surface area contributed by atoms with E-state index in [1.807, 2.05) is 0 Å². The molecule has 0 N–H and O–H groups in total. The zero-order chi connectivity index (χ0) is 17.8. The first-order valence-electron chi connectivity index (χ1n) is 7.24. The van der Waals surface area contributed by atoms with Gasteiger partial charge in [0.15, 0.2) is 17.3 Å². The predicted molar refractivity (Wildman–Crippen MR) is 97.3 cm³/mol. The van der Waals surface area contributed by atoms with E-state index in [9.17, 15) is 8.87 Å². The Morgan fingerprint density at radius 3 is 2.69 bits per heavy atom. The molecule has 5 nitrogen and oxygen atoms in total. The van der Waals surface area contributed by atoms with Gasteiger partial charge in [0.1, 0.15) is 18.8 Å². The zero-order valence-electron chi connectivity index (χ0n) is 13.6. The fourth-order valence-electron chi connectivity index (χ4n) is 2.32. The van der Waals surface area contributed by atoms with Gasteiger partial charge in [0.25, 0.3) is 0 Å². The van der Waals surface area contributed by atoms with E-state index in [2.05, 4.69) is 15.9 Å². The van der Waals surface area contributed by atoms with Crippen LogP contribution in [-0.2, 0) is 0 Å². The highest BCUT2D eigenvalue weighted by Crippen LogP contribution is 2.37. The van der Waals surface area contributed by atoms with Gasteiger partial charge in [-0.3, -0.25) is 0 Å². The Morgan fingerprint density at radius 1 is 1.19 bits per heavy atom. The van der Waals surface area contributed by atoms with Crippen LogP contribution in [0.2, 0.25) is 0 Å². The maximum atomic E-state index is 14.8. The first kappa shape index (κ1) is 19.2. The number of terminal acetylenes is 1. The smallest absolute Gasteiger partial charge is 0.174 e. The number of methoxy groups -OCH3 is 1. The van der Waals surface area contributed by atoms with Crippen LogP contribution < -0.4 is 14.6 Å². The van der Waals surface area contributed by atoms with Crippen molar-refractivity contribution in [2.75, 3.05) is 18.8 Å². The van der Waals surface area contributed by atoms with Crippen molar-refractivity contribution < 1.29 is 18.3 Å². The average Bonchev–Trinajstić information content (AvgIpc) is 2.64. The van der Waals surface area contributed by atoms with Crippen LogP contribution in [0, 0.1) is 18.2 Å². The number of anilines is 2. The second kappa shape index (κ2) is 8.32. The lowest BCUT2D eigenvalue weighted by Crippen LogP contribution is -2.07. The lowest BCUT2D eigenvalue weighted by molar-refractivity contribution is 0.331. The Kier molecular flexibility index (Phi) is 6.15. The first-order chi connectivity index (χ1) is 12.1. The summed E-state index contributed by atoms with van der Waals surface area (Å²) in [5.74, 6) is 2.48. The fourth-order valence-corrected chi connectivity index (χ4v) is 2.32. The largest absolute Gasteiger partial charge is 0.493 e. The first-order valence-corrected chi connectivity index (χ1v) is 7.24. The van der Waals surface area contributed by atoms with Gasteiger partial charge in [-0.1, -0.05) is 16.5 Å². The molecule has 0 spiro atoms. The Labute approximate surface area is 154 Å². The van der Waals surface area contributed by atoms with Gasteiger partial charge in [-0.25, -0.2) is 14.4 Å². The van der Waals surface area contributed by atoms with E-state index in [1.165, 1.54) is 37.7 Å². The van der Waals surface area contributed by atoms with Gasteiger partial charge in [-0.05, 0) is 18.2 Å². The lowest BCUT2D eigenvalue weighted by atomic mass is 10.2. The van der Waals surface area contributed by atoms with E-state index in [4.69, 9.17) is 15.9 Å². The molecule has 3 aromatic rings. The predicted octanol–water partition coefficient (Wildman–Crippen LogP) is 4.23. The summed E-state index contributed by atoms with van der Waals surface area (Å²) < 4.78 is 38.9. The molecule has 3 rings (SSSR count). The van der Waals surface area contributed by atoms with Crippen LogP contribution in [0.5, 0.6) is 11.5 Å². The quantitative estimate of drug-likeness (QED) is 0.492. The fraction of sp³-hybridized carbons (Fsp3) is 0.111. The number of hydrogen-bond acceptors (Lipinski definition) is 5. The molecule has 0 saturated heterocycles. The molecule has 2 aromatic carbocycles. The van der Waals surface area contributed by atoms with E-state index in [0.29, 0.717) is 22.4 Å². The third kappa shape index (κ3) is 3.76. The van der Waals surface area contributed by atoms with Gasteiger partial charge in [0.2, 0.25) is 0 Å². The van der Waals surface area contributed by atoms with Gasteiger partial charge >= 0.3 is 0 Å². The Morgan fingerprint density at radius 2 is 2.00 bits per heavy atom. The highest BCUT2D eigenvalue weighted by molar-refractivity contribution is 5.93. The number of hydrogen-bond donors (Lipinski definition) is 0. The lowest BCUT2D eigenvalue weighted by Gasteiger charge is -2.16. The van der Waals surface area contributed by atoms with Crippen molar-refractivity contribution in [3.05, 3.63) is 48.5 Å². The molecule has 1 aromatic heterocycles. The van der Waals surface area contributed by atoms with Gasteiger partial charge in [0, 0.05) is 17.5 Å². The number of rotatable bonds is 5. The normalized spacial score (nSPS) is 9.92. The monoisotopic (exact) mass is 377 g/mol. The van der Waals surface area contributed by atoms with Crippen LogP contribution in [0.15, 0.2) is 42.7 Å². The second-order valence-electron chi connectivity index (χ2n) is 4.97. The SMILES string of the molecule is C#CCOc1cc2c(N(F)c3cccc(F)c3)ncnc2cc1OC.Cl. The summed E-state index contributed by atoms with van der Waals surface area (Å²) in [4.78, 5) is 8.08. The topological polar surface area (TPSA) is 47.5 Å². The summed E-state index contributed by atoms with van der Waals surface area (Å²) in [6.45, 7) is 0.0220. The van der Waals surface area contributed by atoms with Crippen molar-refractivity contribution in [3.63, 3.8) is 0 Å². The van der Waals surface area contributed by atoms with Crippen LogP contribution in [0.4, 0.5) is 20.4 Å². The molecule has 0 aliphatic rings. The molecule has 0 amide bonds. The van der Waals surface area contributed by atoms with Crippen LogP contribution in [0.1, 0.15) is 0 Å². The molecule has 8 heteroatoms. The van der Waals surface area contributed by atoms with Crippen LogP contribution in [0.25, 0.3) is 10.9 Å². The molecule has 0 aliphatic heterocycles. The highest BCUT2D eigenvalue weighted by atomic mass is 35.5. The summed E-state index contributed by atoms with van der Waals surface area (Å²) in [6, 6.07) is 8.25. The number of fused-ring (bicyclic) bond motifs is 1. The average molecular weight is 378 g/mol. The van der Waals surface area contributed by atoms with Crippen molar-refractivity contribution >= 4 is 34.8 Å². The molecular formula is C18H14ClF2N3O2. The zero-order valence-corrected chi connectivity index (χ0v) is 14.5.